The lowest BCUT2D eigenvalue weighted by Crippen LogP contribution is -2.67. The van der Waals surface area contributed by atoms with E-state index in [9.17, 15) is 4.79 Å². The molecule has 0 spiro atoms. The van der Waals surface area contributed by atoms with E-state index in [1.165, 1.54) is 11.1 Å². The van der Waals surface area contributed by atoms with Gasteiger partial charge in [0.05, 0.1) is 31.3 Å². The molecule has 9 nitrogen and oxygen atoms in total. The summed E-state index contributed by atoms with van der Waals surface area (Å²) in [5, 5.41) is 0. The number of rotatable bonds is 10. The lowest BCUT2D eigenvalue weighted by atomic mass is 9.81. The van der Waals surface area contributed by atoms with Crippen LogP contribution in [0.2, 0.25) is 0 Å². The van der Waals surface area contributed by atoms with Gasteiger partial charge in [-0.3, -0.25) is 14.6 Å². The van der Waals surface area contributed by atoms with Crippen LogP contribution in [-0.4, -0.2) is 102 Å². The molecule has 48 heavy (non-hydrogen) atoms. The molecule has 260 valence electrons. The summed E-state index contributed by atoms with van der Waals surface area (Å²) in [6.07, 6.45) is 3.01. The van der Waals surface area contributed by atoms with E-state index in [1.807, 2.05) is 13.8 Å². The monoisotopic (exact) mass is 697 g/mol. The van der Waals surface area contributed by atoms with Crippen LogP contribution in [0.3, 0.4) is 0 Å². The Morgan fingerprint density at radius 3 is 2.15 bits per heavy atom. The summed E-state index contributed by atoms with van der Waals surface area (Å²) in [7, 11) is 1.70. The normalized spacial score (nSPS) is 22.9. The zero-order valence-corrected chi connectivity index (χ0v) is 29.8. The zero-order chi connectivity index (χ0) is 31.6. The van der Waals surface area contributed by atoms with Crippen molar-refractivity contribution in [2.24, 2.45) is 5.92 Å². The van der Waals surface area contributed by atoms with E-state index in [4.69, 9.17) is 24.2 Å². The van der Waals surface area contributed by atoms with E-state index in [-0.39, 0.29) is 60.7 Å². The number of ether oxygens (including phenoxy) is 3. The zero-order valence-electron chi connectivity index (χ0n) is 28.2. The average Bonchev–Trinajstić information content (AvgIpc) is 3.79. The van der Waals surface area contributed by atoms with Crippen molar-refractivity contribution < 1.29 is 19.0 Å². The highest BCUT2D eigenvalue weighted by Gasteiger charge is 2.44. The number of piperazine rings is 2. The molecule has 0 bridgehead atoms. The number of hydrogen-bond donors (Lipinski definition) is 0. The van der Waals surface area contributed by atoms with E-state index in [0.29, 0.717) is 44.0 Å². The number of carbonyl (C=O) groups is 1. The molecule has 4 aliphatic rings. The van der Waals surface area contributed by atoms with Crippen LogP contribution >= 0.6 is 24.8 Å². The van der Waals surface area contributed by atoms with Crippen LogP contribution < -0.4 is 9.47 Å². The number of carbonyl (C=O) groups excluding carboxylic acids is 1. The third-order valence-corrected chi connectivity index (χ3v) is 9.97. The third-order valence-electron chi connectivity index (χ3n) is 9.97. The third kappa shape index (κ3) is 7.92. The molecule has 11 heteroatoms. The standard InChI is InChI=1S/C37H47N5O4.2ClH/c1-25(2)46-36-31(35(44-3)38-34(39-36)28-14-15-28)22-40-20-30-21-41(37(43)29-16-19-45-24-29)17-18-42(30)32(23-40)33(26-10-6-4-7-11-26)27-12-8-5-9-13-27;;/h4-13,25,28-30,32-33H,14-24H2,1-3H3;2*1H/t29?,30-,32+;;/m1../s1. The van der Waals surface area contributed by atoms with E-state index in [1.54, 1.807) is 7.11 Å². The van der Waals surface area contributed by atoms with Gasteiger partial charge < -0.3 is 19.1 Å². The molecular formula is C37H49Cl2N5O4. The number of amides is 1. The van der Waals surface area contributed by atoms with Gasteiger partial charge in [-0.25, -0.2) is 0 Å². The Morgan fingerprint density at radius 1 is 0.896 bits per heavy atom. The first-order chi connectivity index (χ1) is 22.5. The Balaban J connectivity index is 0.00000225. The second-order valence-electron chi connectivity index (χ2n) is 13.6. The Bertz CT molecular complexity index is 1450. The molecule has 2 aromatic carbocycles. The van der Waals surface area contributed by atoms with E-state index >= 15 is 0 Å². The topological polar surface area (TPSA) is 80.3 Å². The summed E-state index contributed by atoms with van der Waals surface area (Å²) in [4.78, 5) is 30.7. The lowest BCUT2D eigenvalue weighted by Gasteiger charge is -2.53. The molecule has 1 aliphatic carbocycles. The maximum atomic E-state index is 13.6. The van der Waals surface area contributed by atoms with Gasteiger partial charge >= 0.3 is 0 Å². The summed E-state index contributed by atoms with van der Waals surface area (Å²) < 4.78 is 17.9. The number of aromatic nitrogens is 2. The van der Waals surface area contributed by atoms with Gasteiger partial charge in [0, 0.05) is 69.8 Å². The van der Waals surface area contributed by atoms with Crippen LogP contribution in [0.5, 0.6) is 11.8 Å². The number of halogens is 2. The van der Waals surface area contributed by atoms with Crippen molar-refractivity contribution >= 4 is 30.7 Å². The molecule has 4 heterocycles. The summed E-state index contributed by atoms with van der Waals surface area (Å²) >= 11 is 0. The second-order valence-corrected chi connectivity index (χ2v) is 13.6. The van der Waals surface area contributed by atoms with Gasteiger partial charge in [-0.15, -0.1) is 24.8 Å². The van der Waals surface area contributed by atoms with Gasteiger partial charge in [0.2, 0.25) is 17.7 Å². The predicted octanol–water partition coefficient (Wildman–Crippen LogP) is 5.56. The van der Waals surface area contributed by atoms with Gasteiger partial charge in [0.1, 0.15) is 5.82 Å². The molecule has 0 N–H and O–H groups in total. The van der Waals surface area contributed by atoms with Gasteiger partial charge in [0.15, 0.2) is 0 Å². The molecule has 1 unspecified atom stereocenters. The molecule has 3 atom stereocenters. The first-order valence-electron chi connectivity index (χ1n) is 17.0. The van der Waals surface area contributed by atoms with Crippen LogP contribution in [0.25, 0.3) is 0 Å². The average molecular weight is 699 g/mol. The van der Waals surface area contributed by atoms with Crippen molar-refractivity contribution in [3.8, 4) is 11.8 Å². The molecule has 3 aliphatic heterocycles. The quantitative estimate of drug-likeness (QED) is 0.273. The number of nitrogens with zero attached hydrogens (tertiary/aromatic N) is 5. The molecule has 1 aromatic heterocycles. The highest BCUT2D eigenvalue weighted by atomic mass is 35.5. The Labute approximate surface area is 297 Å². The van der Waals surface area contributed by atoms with E-state index < -0.39 is 0 Å². The molecule has 4 fully saturated rings. The fraction of sp³-hybridized carbons (Fsp3) is 0.541. The van der Waals surface area contributed by atoms with Gasteiger partial charge in [-0.2, -0.15) is 9.97 Å². The van der Waals surface area contributed by atoms with Crippen LogP contribution in [0.15, 0.2) is 60.7 Å². The van der Waals surface area contributed by atoms with E-state index in [0.717, 1.165) is 56.8 Å². The number of methoxy groups -OCH3 is 1. The molecule has 1 amide bonds. The smallest absolute Gasteiger partial charge is 0.228 e. The van der Waals surface area contributed by atoms with Crippen LogP contribution in [0.4, 0.5) is 0 Å². The van der Waals surface area contributed by atoms with Crippen molar-refractivity contribution in [1.82, 2.24) is 24.7 Å². The van der Waals surface area contributed by atoms with Gasteiger partial charge in [-0.1, -0.05) is 60.7 Å². The maximum absolute atomic E-state index is 13.6. The summed E-state index contributed by atoms with van der Waals surface area (Å²) in [6, 6.07) is 22.2. The van der Waals surface area contributed by atoms with E-state index in [2.05, 4.69) is 75.4 Å². The van der Waals surface area contributed by atoms with Crippen LogP contribution in [0, 0.1) is 5.92 Å². The largest absolute Gasteiger partial charge is 0.481 e. The fourth-order valence-electron chi connectivity index (χ4n) is 7.61. The lowest BCUT2D eigenvalue weighted by molar-refractivity contribution is -0.141. The summed E-state index contributed by atoms with van der Waals surface area (Å²) in [5.74, 6) is 2.84. The molecule has 1 saturated carbocycles. The van der Waals surface area contributed by atoms with Gasteiger partial charge in [0.25, 0.3) is 0 Å². The molecule has 3 aromatic rings. The predicted molar refractivity (Wildman–Crippen MR) is 191 cm³/mol. The van der Waals surface area contributed by atoms with Crippen molar-refractivity contribution in [2.75, 3.05) is 53.0 Å². The number of benzene rings is 2. The highest BCUT2D eigenvalue weighted by molar-refractivity contribution is 5.85. The molecular weight excluding hydrogens is 649 g/mol. The summed E-state index contributed by atoms with van der Waals surface area (Å²) in [5.41, 5.74) is 3.51. The van der Waals surface area contributed by atoms with Crippen molar-refractivity contribution in [2.45, 2.75) is 69.7 Å². The van der Waals surface area contributed by atoms with Crippen molar-refractivity contribution in [1.29, 1.82) is 0 Å². The summed E-state index contributed by atoms with van der Waals surface area (Å²) in [6.45, 7) is 9.89. The first kappa shape index (κ1) is 36.3. The molecule has 3 saturated heterocycles. The Morgan fingerprint density at radius 2 is 1.56 bits per heavy atom. The van der Waals surface area contributed by atoms with Crippen LogP contribution in [-0.2, 0) is 16.1 Å². The van der Waals surface area contributed by atoms with Crippen molar-refractivity contribution in [3.05, 3.63) is 83.2 Å². The number of fused-ring (bicyclic) bond motifs is 1. The Kier molecular flexibility index (Phi) is 12.2. The minimum absolute atomic E-state index is 0. The van der Waals surface area contributed by atoms with Crippen LogP contribution in [0.1, 0.15) is 67.5 Å². The minimum atomic E-state index is -0.0226. The fourth-order valence-corrected chi connectivity index (χ4v) is 7.61. The highest BCUT2D eigenvalue weighted by Crippen LogP contribution is 2.42. The Hall–Kier alpha value is -2.95. The first-order valence-corrected chi connectivity index (χ1v) is 17.0. The number of hydrogen-bond acceptors (Lipinski definition) is 8. The van der Waals surface area contributed by atoms with Gasteiger partial charge in [-0.05, 0) is 44.2 Å². The minimum Gasteiger partial charge on any atom is -0.481 e. The molecule has 7 rings (SSSR count). The van der Waals surface area contributed by atoms with Crippen molar-refractivity contribution in [3.63, 3.8) is 0 Å². The molecule has 0 radical (unpaired) electrons. The SMILES string of the molecule is COc1nc(C2CC2)nc(OC(C)C)c1CN1C[C@@H]2CN(C(=O)C3CCOC3)CCN2[C@H](C(c2ccccc2)c2ccccc2)C1.Cl.Cl. The maximum Gasteiger partial charge on any atom is 0.228 e. The second kappa shape index (κ2) is 16.2.